The molecule has 36 heavy (non-hydrogen) atoms. The monoisotopic (exact) mass is 490 g/mol. The molecule has 1 aliphatic carbocycles. The van der Waals surface area contributed by atoms with E-state index in [4.69, 9.17) is 9.26 Å². The number of anilines is 1. The third kappa shape index (κ3) is 3.86. The molecule has 0 unspecified atom stereocenters. The summed E-state index contributed by atoms with van der Waals surface area (Å²) >= 11 is 0. The van der Waals surface area contributed by atoms with Gasteiger partial charge in [0.2, 0.25) is 11.7 Å². The molecule has 2 aliphatic rings. The molecule has 0 radical (unpaired) electrons. The van der Waals surface area contributed by atoms with Crippen molar-refractivity contribution in [3.8, 4) is 11.4 Å². The Morgan fingerprint density at radius 2 is 2.00 bits per heavy atom. The van der Waals surface area contributed by atoms with Crippen LogP contribution in [0.5, 0.6) is 0 Å². The highest BCUT2D eigenvalue weighted by atomic mass is 19.1. The Hall–Kier alpha value is -4.28. The SMILES string of the molecule is COC(=O)N1CC(c2nc(-c3cc(F)c(C)c(NC(=O)c4cnn5ccc(C6CC6)cc45)c3)no2)C1. The fraction of sp³-hybridized carbons (Fsp3) is 0.320. The lowest BCUT2D eigenvalue weighted by molar-refractivity contribution is 0.0804. The van der Waals surface area contributed by atoms with Crippen molar-refractivity contribution in [2.24, 2.45) is 0 Å². The number of fused-ring (bicyclic) bond motifs is 1. The summed E-state index contributed by atoms with van der Waals surface area (Å²) in [7, 11) is 1.32. The number of pyridine rings is 1. The molecule has 1 N–H and O–H groups in total. The van der Waals surface area contributed by atoms with Crippen molar-refractivity contribution < 1.29 is 23.2 Å². The summed E-state index contributed by atoms with van der Waals surface area (Å²) < 4.78 is 26.5. The molecule has 1 saturated heterocycles. The topological polar surface area (TPSA) is 115 Å². The van der Waals surface area contributed by atoms with Gasteiger partial charge in [-0.3, -0.25) is 4.79 Å². The molecule has 1 aliphatic heterocycles. The second-order valence-electron chi connectivity index (χ2n) is 9.24. The molecule has 11 heteroatoms. The Morgan fingerprint density at radius 3 is 2.75 bits per heavy atom. The Balaban J connectivity index is 1.24. The van der Waals surface area contributed by atoms with Crippen LogP contribution in [0, 0.1) is 12.7 Å². The number of halogens is 1. The van der Waals surface area contributed by atoms with Gasteiger partial charge in [0.05, 0.1) is 30.3 Å². The maximum Gasteiger partial charge on any atom is 0.409 e. The van der Waals surface area contributed by atoms with Gasteiger partial charge < -0.3 is 19.5 Å². The Morgan fingerprint density at radius 1 is 1.19 bits per heavy atom. The van der Waals surface area contributed by atoms with Crippen LogP contribution in [-0.2, 0) is 4.74 Å². The van der Waals surface area contributed by atoms with Crippen molar-refractivity contribution in [3.05, 3.63) is 65.1 Å². The molecule has 184 valence electrons. The lowest BCUT2D eigenvalue weighted by atomic mass is 10.0. The van der Waals surface area contributed by atoms with E-state index < -0.39 is 11.9 Å². The van der Waals surface area contributed by atoms with Crippen LogP contribution in [0.3, 0.4) is 0 Å². The average molecular weight is 490 g/mol. The number of carbonyl (C=O) groups is 2. The number of benzene rings is 1. The molecule has 1 aromatic carbocycles. The standard InChI is InChI=1S/C25H23FN6O4/c1-13-19(26)7-16(22-29-24(36-30-22)17-11-31(12-17)25(34)35-2)8-20(13)28-23(33)18-10-27-32-6-5-15(9-21(18)32)14-3-4-14/h5-10,14,17H,3-4,11-12H2,1-2H3,(H,28,33). The number of likely N-dealkylation sites (tertiary alicyclic amines) is 1. The highest BCUT2D eigenvalue weighted by Gasteiger charge is 2.36. The lowest BCUT2D eigenvalue weighted by Crippen LogP contribution is -2.48. The number of nitrogens with one attached hydrogen (secondary N) is 1. The van der Waals surface area contributed by atoms with Crippen molar-refractivity contribution in [3.63, 3.8) is 0 Å². The van der Waals surface area contributed by atoms with Gasteiger partial charge in [0.1, 0.15) is 5.82 Å². The third-order valence-corrected chi connectivity index (χ3v) is 6.80. The lowest BCUT2D eigenvalue weighted by Gasteiger charge is -2.35. The van der Waals surface area contributed by atoms with E-state index in [1.807, 2.05) is 18.3 Å². The van der Waals surface area contributed by atoms with E-state index in [1.165, 1.54) is 29.8 Å². The highest BCUT2D eigenvalue weighted by Crippen LogP contribution is 2.40. The molecule has 1 saturated carbocycles. The van der Waals surface area contributed by atoms with Crippen LogP contribution in [0.4, 0.5) is 14.9 Å². The van der Waals surface area contributed by atoms with E-state index >= 15 is 0 Å². The van der Waals surface area contributed by atoms with Crippen LogP contribution >= 0.6 is 0 Å². The molecule has 10 nitrogen and oxygen atoms in total. The van der Waals surface area contributed by atoms with Crippen LogP contribution in [0.2, 0.25) is 0 Å². The largest absolute Gasteiger partial charge is 0.453 e. The first-order chi connectivity index (χ1) is 17.4. The maximum atomic E-state index is 14.8. The molecular weight excluding hydrogens is 467 g/mol. The van der Waals surface area contributed by atoms with Gasteiger partial charge in [-0.15, -0.1) is 0 Å². The van der Waals surface area contributed by atoms with Crippen LogP contribution in [0.25, 0.3) is 16.9 Å². The van der Waals surface area contributed by atoms with E-state index in [1.54, 1.807) is 17.5 Å². The molecule has 2 fully saturated rings. The van der Waals surface area contributed by atoms with E-state index in [0.29, 0.717) is 52.8 Å². The molecule has 4 aromatic rings. The fourth-order valence-electron chi connectivity index (χ4n) is 4.40. The minimum absolute atomic E-state index is 0.115. The summed E-state index contributed by atoms with van der Waals surface area (Å²) in [6, 6.07) is 6.94. The molecular formula is C25H23FN6O4. The normalized spacial score (nSPS) is 15.7. The van der Waals surface area contributed by atoms with Crippen molar-refractivity contribution in [1.29, 1.82) is 0 Å². The summed E-state index contributed by atoms with van der Waals surface area (Å²) in [5, 5.41) is 11.1. The zero-order valence-corrected chi connectivity index (χ0v) is 19.7. The number of aromatic nitrogens is 4. The first kappa shape index (κ1) is 22.2. The minimum atomic E-state index is -0.509. The molecule has 6 rings (SSSR count). The van der Waals surface area contributed by atoms with Gasteiger partial charge in [-0.05, 0) is 55.5 Å². The van der Waals surface area contributed by atoms with Gasteiger partial charge in [-0.25, -0.2) is 13.7 Å². The number of nitrogens with zero attached hydrogens (tertiary/aromatic N) is 5. The number of rotatable bonds is 5. The number of amides is 2. The number of hydrogen-bond donors (Lipinski definition) is 1. The molecule has 0 bridgehead atoms. The zero-order chi connectivity index (χ0) is 25.0. The number of ether oxygens (including phenoxy) is 1. The summed E-state index contributed by atoms with van der Waals surface area (Å²) in [6.45, 7) is 2.40. The van der Waals surface area contributed by atoms with Gasteiger partial charge >= 0.3 is 6.09 Å². The number of methoxy groups -OCH3 is 1. The van der Waals surface area contributed by atoms with Crippen molar-refractivity contribution in [2.45, 2.75) is 31.6 Å². The third-order valence-electron chi connectivity index (χ3n) is 6.80. The van der Waals surface area contributed by atoms with Gasteiger partial charge in [0.15, 0.2) is 0 Å². The molecule has 2 amide bonds. The van der Waals surface area contributed by atoms with E-state index in [2.05, 4.69) is 20.6 Å². The quantitative estimate of drug-likeness (QED) is 0.447. The van der Waals surface area contributed by atoms with Gasteiger partial charge in [-0.1, -0.05) is 5.16 Å². The second kappa shape index (κ2) is 8.43. The summed E-state index contributed by atoms with van der Waals surface area (Å²) in [4.78, 5) is 30.6. The number of hydrogen-bond acceptors (Lipinski definition) is 7. The molecule has 0 spiro atoms. The van der Waals surface area contributed by atoms with Crippen LogP contribution < -0.4 is 5.32 Å². The predicted molar refractivity (Wildman–Crippen MR) is 126 cm³/mol. The molecule has 3 aromatic heterocycles. The Kier molecular flexibility index (Phi) is 5.20. The van der Waals surface area contributed by atoms with Crippen molar-refractivity contribution in [1.82, 2.24) is 24.7 Å². The highest BCUT2D eigenvalue weighted by molar-refractivity contribution is 6.09. The maximum absolute atomic E-state index is 14.8. The summed E-state index contributed by atoms with van der Waals surface area (Å²) in [5.74, 6) is 0.0814. The minimum Gasteiger partial charge on any atom is -0.453 e. The van der Waals surface area contributed by atoms with E-state index in [-0.39, 0.29) is 17.6 Å². The average Bonchev–Trinajstić information content (AvgIpc) is 3.43. The van der Waals surface area contributed by atoms with Gasteiger partial charge in [0.25, 0.3) is 5.91 Å². The van der Waals surface area contributed by atoms with Gasteiger partial charge in [-0.2, -0.15) is 10.1 Å². The Bertz CT molecular complexity index is 1500. The van der Waals surface area contributed by atoms with Crippen LogP contribution in [-0.4, -0.2) is 56.9 Å². The van der Waals surface area contributed by atoms with E-state index in [9.17, 15) is 14.0 Å². The number of carbonyl (C=O) groups excluding carboxylic acids is 2. The first-order valence-electron chi connectivity index (χ1n) is 11.7. The second-order valence-corrected chi connectivity index (χ2v) is 9.24. The molecule has 0 atom stereocenters. The fourth-order valence-corrected chi connectivity index (χ4v) is 4.40. The van der Waals surface area contributed by atoms with Crippen molar-refractivity contribution >= 4 is 23.2 Å². The van der Waals surface area contributed by atoms with Crippen LogP contribution in [0.15, 0.2) is 41.2 Å². The Labute approximate surface area is 205 Å². The van der Waals surface area contributed by atoms with Gasteiger partial charge in [0, 0.05) is 36.1 Å². The van der Waals surface area contributed by atoms with E-state index in [0.717, 1.165) is 12.8 Å². The first-order valence-corrected chi connectivity index (χ1v) is 11.7. The van der Waals surface area contributed by atoms with Crippen molar-refractivity contribution in [2.75, 3.05) is 25.5 Å². The molecule has 4 heterocycles. The smallest absolute Gasteiger partial charge is 0.409 e. The zero-order valence-electron chi connectivity index (χ0n) is 19.7. The van der Waals surface area contributed by atoms with Crippen LogP contribution in [0.1, 0.15) is 52.1 Å². The summed E-state index contributed by atoms with van der Waals surface area (Å²) in [5.41, 5.74) is 3.26. The predicted octanol–water partition coefficient (Wildman–Crippen LogP) is 4.13. The summed E-state index contributed by atoms with van der Waals surface area (Å²) in [6.07, 6.45) is 5.25.